The van der Waals surface area contributed by atoms with Crippen LogP contribution in [0.25, 0.3) is 0 Å². The smallest absolute Gasteiger partial charge is 0.311 e. The zero-order valence-electron chi connectivity index (χ0n) is 20.1. The van der Waals surface area contributed by atoms with Crippen LogP contribution in [-0.4, -0.2) is 5.97 Å². The standard InChI is InChI=1S/C30H44O2/c31-30(32-29-25-19-15-20-26-29)27-21-13-11-9-7-5-3-1-2-4-6-8-10-12-16-22-28-23-17-14-18-24-28/h14-15,17-20,23-26H,1-13,16,21-22,27H2. The van der Waals surface area contributed by atoms with E-state index >= 15 is 0 Å². The van der Waals surface area contributed by atoms with E-state index in [0.717, 1.165) is 12.8 Å². The molecular weight excluding hydrogens is 392 g/mol. The molecule has 0 aliphatic heterocycles. The summed E-state index contributed by atoms with van der Waals surface area (Å²) in [5, 5.41) is 0. The van der Waals surface area contributed by atoms with Crippen molar-refractivity contribution in [2.75, 3.05) is 0 Å². The molecule has 2 rings (SSSR count). The van der Waals surface area contributed by atoms with Crippen molar-refractivity contribution in [1.82, 2.24) is 0 Å². The van der Waals surface area contributed by atoms with Gasteiger partial charge < -0.3 is 4.74 Å². The lowest BCUT2D eigenvalue weighted by Gasteiger charge is -2.05. The number of esters is 1. The third kappa shape index (κ3) is 14.1. The molecule has 32 heavy (non-hydrogen) atoms. The van der Waals surface area contributed by atoms with Gasteiger partial charge in [0.2, 0.25) is 0 Å². The van der Waals surface area contributed by atoms with Crippen molar-refractivity contribution in [3.05, 3.63) is 66.2 Å². The van der Waals surface area contributed by atoms with E-state index in [1.165, 1.54) is 95.5 Å². The maximum absolute atomic E-state index is 11.8. The average molecular weight is 437 g/mol. The fraction of sp³-hybridized carbons (Fsp3) is 0.567. The van der Waals surface area contributed by atoms with Gasteiger partial charge in [0, 0.05) is 6.42 Å². The molecule has 2 aromatic rings. The Morgan fingerprint density at radius 2 is 0.906 bits per heavy atom. The Morgan fingerprint density at radius 3 is 1.41 bits per heavy atom. The van der Waals surface area contributed by atoms with Crippen LogP contribution in [-0.2, 0) is 11.2 Å². The van der Waals surface area contributed by atoms with Gasteiger partial charge in [0.1, 0.15) is 5.75 Å². The monoisotopic (exact) mass is 436 g/mol. The third-order valence-corrected chi connectivity index (χ3v) is 6.16. The van der Waals surface area contributed by atoms with Gasteiger partial charge in [-0.15, -0.1) is 0 Å². The topological polar surface area (TPSA) is 26.3 Å². The molecule has 0 saturated heterocycles. The van der Waals surface area contributed by atoms with Crippen LogP contribution in [0.1, 0.15) is 108 Å². The second-order valence-electron chi connectivity index (χ2n) is 9.08. The molecule has 0 radical (unpaired) electrons. The fourth-order valence-electron chi connectivity index (χ4n) is 4.21. The third-order valence-electron chi connectivity index (χ3n) is 6.16. The van der Waals surface area contributed by atoms with Crippen LogP contribution in [0.3, 0.4) is 0 Å². The number of aryl methyl sites for hydroxylation is 1. The molecule has 2 aromatic carbocycles. The van der Waals surface area contributed by atoms with Gasteiger partial charge in [0.25, 0.3) is 0 Å². The molecule has 0 aliphatic rings. The normalized spacial score (nSPS) is 10.9. The quantitative estimate of drug-likeness (QED) is 0.125. The maximum Gasteiger partial charge on any atom is 0.311 e. The van der Waals surface area contributed by atoms with Crippen LogP contribution >= 0.6 is 0 Å². The molecule has 0 aromatic heterocycles. The van der Waals surface area contributed by atoms with Crippen molar-refractivity contribution in [3.8, 4) is 5.75 Å². The van der Waals surface area contributed by atoms with Gasteiger partial charge in [0.05, 0.1) is 0 Å². The van der Waals surface area contributed by atoms with Gasteiger partial charge in [-0.3, -0.25) is 4.79 Å². The first-order valence-corrected chi connectivity index (χ1v) is 13.1. The van der Waals surface area contributed by atoms with E-state index in [2.05, 4.69) is 30.3 Å². The van der Waals surface area contributed by atoms with Crippen LogP contribution in [0, 0.1) is 0 Å². The molecule has 0 heterocycles. The van der Waals surface area contributed by atoms with Crippen LogP contribution < -0.4 is 4.74 Å². The van der Waals surface area contributed by atoms with Crippen LogP contribution in [0.5, 0.6) is 5.75 Å². The molecular formula is C30H44O2. The Hall–Kier alpha value is -2.09. The van der Waals surface area contributed by atoms with Gasteiger partial charge >= 0.3 is 5.97 Å². The highest BCUT2D eigenvalue weighted by molar-refractivity contribution is 5.72. The highest BCUT2D eigenvalue weighted by Crippen LogP contribution is 2.15. The van der Waals surface area contributed by atoms with Crippen molar-refractivity contribution in [3.63, 3.8) is 0 Å². The van der Waals surface area contributed by atoms with Crippen molar-refractivity contribution < 1.29 is 9.53 Å². The van der Waals surface area contributed by atoms with Crippen LogP contribution in [0.15, 0.2) is 60.7 Å². The molecule has 0 spiro atoms. The Balaban J connectivity index is 1.25. The minimum atomic E-state index is -0.108. The second kappa shape index (κ2) is 18.5. The molecule has 2 heteroatoms. The van der Waals surface area contributed by atoms with E-state index in [0.29, 0.717) is 12.2 Å². The van der Waals surface area contributed by atoms with E-state index in [1.54, 1.807) is 0 Å². The molecule has 176 valence electrons. The summed E-state index contributed by atoms with van der Waals surface area (Å²) in [6.45, 7) is 0. The number of benzene rings is 2. The number of unbranched alkanes of at least 4 members (excludes halogenated alkanes) is 14. The summed E-state index contributed by atoms with van der Waals surface area (Å²) in [5.41, 5.74) is 1.48. The predicted molar refractivity (Wildman–Crippen MR) is 136 cm³/mol. The predicted octanol–water partition coefficient (Wildman–Crippen LogP) is 9.08. The Bertz CT molecular complexity index is 680. The van der Waals surface area contributed by atoms with Gasteiger partial charge in [-0.1, -0.05) is 132 Å². The highest BCUT2D eigenvalue weighted by atomic mass is 16.5. The van der Waals surface area contributed by atoms with E-state index in [-0.39, 0.29) is 5.97 Å². The SMILES string of the molecule is O=C(CCCCCCCCCCCCCCCCCc1ccccc1)Oc1ccccc1. The average Bonchev–Trinajstić information content (AvgIpc) is 2.82. The van der Waals surface area contributed by atoms with Crippen molar-refractivity contribution in [2.24, 2.45) is 0 Å². The van der Waals surface area contributed by atoms with Crippen LogP contribution in [0.4, 0.5) is 0 Å². The molecule has 2 nitrogen and oxygen atoms in total. The Labute approximate surface area is 196 Å². The second-order valence-corrected chi connectivity index (χ2v) is 9.08. The van der Waals surface area contributed by atoms with Crippen molar-refractivity contribution >= 4 is 5.97 Å². The zero-order valence-corrected chi connectivity index (χ0v) is 20.1. The molecule has 0 saturated carbocycles. The van der Waals surface area contributed by atoms with Crippen LogP contribution in [0.2, 0.25) is 0 Å². The lowest BCUT2D eigenvalue weighted by Crippen LogP contribution is -2.07. The van der Waals surface area contributed by atoms with Gasteiger partial charge in [0.15, 0.2) is 0 Å². The molecule has 0 bridgehead atoms. The summed E-state index contributed by atoms with van der Waals surface area (Å²) in [6, 6.07) is 20.2. The summed E-state index contributed by atoms with van der Waals surface area (Å²) >= 11 is 0. The molecule has 0 unspecified atom stereocenters. The first-order valence-electron chi connectivity index (χ1n) is 13.1. The summed E-state index contributed by atoms with van der Waals surface area (Å²) in [5.74, 6) is 0.541. The highest BCUT2D eigenvalue weighted by Gasteiger charge is 2.04. The molecule has 0 N–H and O–H groups in total. The van der Waals surface area contributed by atoms with Gasteiger partial charge in [-0.05, 0) is 37.0 Å². The summed E-state index contributed by atoms with van der Waals surface area (Å²) in [4.78, 5) is 11.8. The lowest BCUT2D eigenvalue weighted by molar-refractivity contribution is -0.134. The Kier molecular flexibility index (Phi) is 15.1. The summed E-state index contributed by atoms with van der Waals surface area (Å²) < 4.78 is 5.32. The number of hydrogen-bond acceptors (Lipinski definition) is 2. The lowest BCUT2D eigenvalue weighted by atomic mass is 10.0. The number of carbonyl (C=O) groups excluding carboxylic acids is 1. The summed E-state index contributed by atoms with van der Waals surface area (Å²) in [6.07, 6.45) is 21.7. The maximum atomic E-state index is 11.8. The van der Waals surface area contributed by atoms with Gasteiger partial charge in [-0.2, -0.15) is 0 Å². The molecule has 0 fully saturated rings. The first kappa shape index (κ1) is 26.2. The molecule has 0 aliphatic carbocycles. The number of rotatable bonds is 19. The molecule has 0 atom stereocenters. The zero-order chi connectivity index (χ0) is 22.5. The van der Waals surface area contributed by atoms with E-state index in [1.807, 2.05) is 30.3 Å². The van der Waals surface area contributed by atoms with Crippen molar-refractivity contribution in [1.29, 1.82) is 0 Å². The fourth-order valence-corrected chi connectivity index (χ4v) is 4.21. The Morgan fingerprint density at radius 1 is 0.500 bits per heavy atom. The van der Waals surface area contributed by atoms with E-state index in [9.17, 15) is 4.79 Å². The first-order chi connectivity index (χ1) is 15.8. The van der Waals surface area contributed by atoms with E-state index in [4.69, 9.17) is 4.74 Å². The minimum Gasteiger partial charge on any atom is -0.427 e. The number of hydrogen-bond donors (Lipinski definition) is 0. The number of para-hydroxylation sites is 1. The number of carbonyl (C=O) groups is 1. The molecule has 0 amide bonds. The summed E-state index contributed by atoms with van der Waals surface area (Å²) in [7, 11) is 0. The van der Waals surface area contributed by atoms with E-state index < -0.39 is 0 Å². The van der Waals surface area contributed by atoms with Crippen molar-refractivity contribution in [2.45, 2.75) is 109 Å². The number of ether oxygens (including phenoxy) is 1. The van der Waals surface area contributed by atoms with Gasteiger partial charge in [-0.25, -0.2) is 0 Å². The minimum absolute atomic E-state index is 0.108. The largest absolute Gasteiger partial charge is 0.427 e.